The van der Waals surface area contributed by atoms with Gasteiger partial charge in [-0.1, -0.05) is 12.1 Å². The molecular formula is C16H22N4O3. The van der Waals surface area contributed by atoms with E-state index in [-0.39, 0.29) is 24.1 Å². The molecule has 1 aromatic carbocycles. The van der Waals surface area contributed by atoms with Crippen LogP contribution in [0, 0.1) is 0 Å². The molecule has 0 unspecified atom stereocenters. The maximum Gasteiger partial charge on any atom is 0.254 e. The third-order valence-electron chi connectivity index (χ3n) is 3.55. The van der Waals surface area contributed by atoms with E-state index in [1.165, 1.54) is 0 Å². The third-order valence-corrected chi connectivity index (χ3v) is 3.55. The summed E-state index contributed by atoms with van der Waals surface area (Å²) in [4.78, 5) is 38.3. The smallest absolute Gasteiger partial charge is 0.254 e. The average Bonchev–Trinajstić information content (AvgIpc) is 2.61. The van der Waals surface area contributed by atoms with Gasteiger partial charge in [0.05, 0.1) is 17.7 Å². The normalized spacial score (nSPS) is 17.1. The Hall–Kier alpha value is -2.41. The third kappa shape index (κ3) is 4.79. The molecule has 0 fully saturated rings. The van der Waals surface area contributed by atoms with Crippen LogP contribution in [0.25, 0.3) is 0 Å². The number of hydrogen-bond donors (Lipinski definition) is 3. The standard InChI is InChI=1S/C16H22N4O3/c1-20(2)9-5-8-17-14(21)10-13-16(23)18-12-7-4-3-6-11(12)15(22)19-13/h3-4,6-7,13H,5,8-10H2,1-2H3,(H,17,21)(H,18,23)(H,19,22)/t13-/m0/s1. The van der Waals surface area contributed by atoms with Crippen LogP contribution < -0.4 is 16.0 Å². The fraction of sp³-hybridized carbons (Fsp3) is 0.438. The Labute approximate surface area is 135 Å². The Bertz CT molecular complexity index is 601. The van der Waals surface area contributed by atoms with Gasteiger partial charge in [0, 0.05) is 6.54 Å². The minimum Gasteiger partial charge on any atom is -0.356 e. The highest BCUT2D eigenvalue weighted by Gasteiger charge is 2.29. The van der Waals surface area contributed by atoms with Crippen LogP contribution in [0.5, 0.6) is 0 Å². The Balaban J connectivity index is 1.90. The van der Waals surface area contributed by atoms with Crippen LogP contribution in [-0.2, 0) is 9.59 Å². The maximum absolute atomic E-state index is 12.2. The van der Waals surface area contributed by atoms with Crippen molar-refractivity contribution in [1.29, 1.82) is 0 Å². The second-order valence-corrected chi connectivity index (χ2v) is 5.77. The molecule has 1 aromatic rings. The molecule has 0 bridgehead atoms. The second kappa shape index (κ2) is 7.73. The molecule has 3 amide bonds. The molecule has 7 nitrogen and oxygen atoms in total. The SMILES string of the molecule is CN(C)CCCNC(=O)C[C@@H]1NC(=O)c2ccccc2NC1=O. The molecule has 0 aromatic heterocycles. The zero-order valence-electron chi connectivity index (χ0n) is 13.4. The van der Waals surface area contributed by atoms with E-state index in [9.17, 15) is 14.4 Å². The molecule has 1 atom stereocenters. The van der Waals surface area contributed by atoms with Gasteiger partial charge in [-0.05, 0) is 39.2 Å². The van der Waals surface area contributed by atoms with Crippen molar-refractivity contribution in [3.05, 3.63) is 29.8 Å². The van der Waals surface area contributed by atoms with Gasteiger partial charge in [0.15, 0.2) is 0 Å². The van der Waals surface area contributed by atoms with Crippen LogP contribution in [0.3, 0.4) is 0 Å². The van der Waals surface area contributed by atoms with Crippen molar-refractivity contribution in [1.82, 2.24) is 15.5 Å². The van der Waals surface area contributed by atoms with Gasteiger partial charge in [0.2, 0.25) is 11.8 Å². The van der Waals surface area contributed by atoms with E-state index in [1.807, 2.05) is 19.0 Å². The van der Waals surface area contributed by atoms with Crippen molar-refractivity contribution in [3.8, 4) is 0 Å². The number of anilines is 1. The fourth-order valence-electron chi connectivity index (χ4n) is 2.34. The second-order valence-electron chi connectivity index (χ2n) is 5.77. The monoisotopic (exact) mass is 318 g/mol. The molecular weight excluding hydrogens is 296 g/mol. The molecule has 1 aliphatic rings. The van der Waals surface area contributed by atoms with E-state index < -0.39 is 6.04 Å². The molecule has 23 heavy (non-hydrogen) atoms. The van der Waals surface area contributed by atoms with Crippen LogP contribution in [0.4, 0.5) is 5.69 Å². The van der Waals surface area contributed by atoms with E-state index in [4.69, 9.17) is 0 Å². The molecule has 7 heteroatoms. The summed E-state index contributed by atoms with van der Waals surface area (Å²) in [6.45, 7) is 1.41. The molecule has 0 saturated carbocycles. The number of nitrogens with one attached hydrogen (secondary N) is 3. The lowest BCUT2D eigenvalue weighted by molar-refractivity contribution is -0.125. The van der Waals surface area contributed by atoms with Crippen LogP contribution >= 0.6 is 0 Å². The van der Waals surface area contributed by atoms with E-state index in [2.05, 4.69) is 16.0 Å². The van der Waals surface area contributed by atoms with Gasteiger partial charge in [0.1, 0.15) is 6.04 Å². The van der Waals surface area contributed by atoms with Gasteiger partial charge in [-0.3, -0.25) is 14.4 Å². The van der Waals surface area contributed by atoms with Gasteiger partial charge >= 0.3 is 0 Å². The number of rotatable bonds is 6. The van der Waals surface area contributed by atoms with Crippen molar-refractivity contribution in [2.45, 2.75) is 18.9 Å². The highest BCUT2D eigenvalue weighted by atomic mass is 16.2. The number of carbonyl (C=O) groups excluding carboxylic acids is 3. The highest BCUT2D eigenvalue weighted by Crippen LogP contribution is 2.18. The van der Waals surface area contributed by atoms with Crippen molar-refractivity contribution in [3.63, 3.8) is 0 Å². The zero-order valence-corrected chi connectivity index (χ0v) is 13.4. The van der Waals surface area contributed by atoms with Gasteiger partial charge in [-0.15, -0.1) is 0 Å². The minimum atomic E-state index is -0.872. The number of fused-ring (bicyclic) bond motifs is 1. The van der Waals surface area contributed by atoms with E-state index >= 15 is 0 Å². The summed E-state index contributed by atoms with van der Waals surface area (Å²) in [5, 5.41) is 8.05. The van der Waals surface area contributed by atoms with Crippen LogP contribution in [0.2, 0.25) is 0 Å². The number of nitrogens with zero attached hydrogens (tertiary/aromatic N) is 1. The predicted octanol–water partition coefficient (Wildman–Crippen LogP) is 0.195. The Morgan fingerprint density at radius 2 is 2.00 bits per heavy atom. The van der Waals surface area contributed by atoms with Crippen LogP contribution in [-0.4, -0.2) is 55.8 Å². The van der Waals surface area contributed by atoms with Crippen molar-refractivity contribution >= 4 is 23.4 Å². The summed E-state index contributed by atoms with van der Waals surface area (Å²) in [5.41, 5.74) is 0.860. The predicted molar refractivity (Wildman–Crippen MR) is 87.1 cm³/mol. The lowest BCUT2D eigenvalue weighted by Crippen LogP contribution is -2.44. The topological polar surface area (TPSA) is 90.5 Å². The van der Waals surface area contributed by atoms with Crippen molar-refractivity contribution in [2.24, 2.45) is 0 Å². The van der Waals surface area contributed by atoms with E-state index in [0.29, 0.717) is 17.8 Å². The lowest BCUT2D eigenvalue weighted by Gasteiger charge is -2.15. The van der Waals surface area contributed by atoms with Crippen molar-refractivity contribution < 1.29 is 14.4 Å². The number of carbonyl (C=O) groups is 3. The number of hydrogen-bond acceptors (Lipinski definition) is 4. The van der Waals surface area contributed by atoms with Gasteiger partial charge in [-0.25, -0.2) is 0 Å². The first kappa shape index (κ1) is 17.0. The largest absolute Gasteiger partial charge is 0.356 e. The Morgan fingerprint density at radius 1 is 1.26 bits per heavy atom. The summed E-state index contributed by atoms with van der Waals surface area (Å²) in [5.74, 6) is -0.994. The molecule has 3 N–H and O–H groups in total. The van der Waals surface area contributed by atoms with Crippen LogP contribution in [0.1, 0.15) is 23.2 Å². The summed E-state index contributed by atoms with van der Waals surface area (Å²) in [6, 6.07) is 5.89. The average molecular weight is 318 g/mol. The molecule has 1 heterocycles. The fourth-order valence-corrected chi connectivity index (χ4v) is 2.34. The maximum atomic E-state index is 12.2. The molecule has 124 valence electrons. The summed E-state index contributed by atoms with van der Waals surface area (Å²) >= 11 is 0. The van der Waals surface area contributed by atoms with E-state index in [1.54, 1.807) is 24.3 Å². The molecule has 0 spiro atoms. The molecule has 0 aliphatic carbocycles. The molecule has 2 rings (SSSR count). The number of benzene rings is 1. The van der Waals surface area contributed by atoms with Crippen molar-refractivity contribution in [2.75, 3.05) is 32.5 Å². The van der Waals surface area contributed by atoms with Gasteiger partial charge in [-0.2, -0.15) is 0 Å². The Morgan fingerprint density at radius 3 is 2.74 bits per heavy atom. The lowest BCUT2D eigenvalue weighted by atomic mass is 10.1. The number of amides is 3. The Kier molecular flexibility index (Phi) is 5.70. The van der Waals surface area contributed by atoms with Gasteiger partial charge < -0.3 is 20.9 Å². The zero-order chi connectivity index (χ0) is 16.8. The first-order valence-electron chi connectivity index (χ1n) is 7.59. The summed E-state index contributed by atoms with van der Waals surface area (Å²) < 4.78 is 0. The molecule has 0 radical (unpaired) electrons. The van der Waals surface area contributed by atoms with E-state index in [0.717, 1.165) is 13.0 Å². The highest BCUT2D eigenvalue weighted by molar-refractivity contribution is 6.10. The first-order valence-corrected chi connectivity index (χ1v) is 7.59. The number of para-hydroxylation sites is 1. The minimum absolute atomic E-state index is 0.0759. The molecule has 0 saturated heterocycles. The molecule has 1 aliphatic heterocycles. The first-order chi connectivity index (χ1) is 11.0. The summed E-state index contributed by atoms with van der Waals surface area (Å²) in [7, 11) is 3.93. The quantitative estimate of drug-likeness (QED) is 0.653. The van der Waals surface area contributed by atoms with Crippen LogP contribution in [0.15, 0.2) is 24.3 Å². The van der Waals surface area contributed by atoms with Gasteiger partial charge in [0.25, 0.3) is 5.91 Å². The summed E-state index contributed by atoms with van der Waals surface area (Å²) in [6.07, 6.45) is 0.751.